The highest BCUT2D eigenvalue weighted by Gasteiger charge is 2.25. The summed E-state index contributed by atoms with van der Waals surface area (Å²) in [7, 11) is 0. The summed E-state index contributed by atoms with van der Waals surface area (Å²) < 4.78 is 34.1. The van der Waals surface area contributed by atoms with Crippen molar-refractivity contribution < 1.29 is 18.0 Å². The van der Waals surface area contributed by atoms with E-state index in [-0.39, 0.29) is 6.42 Å². The van der Waals surface area contributed by atoms with Gasteiger partial charge < -0.3 is 0 Å². The van der Waals surface area contributed by atoms with Gasteiger partial charge >= 0.3 is 6.18 Å². The summed E-state index contributed by atoms with van der Waals surface area (Å²) >= 11 is 0. The summed E-state index contributed by atoms with van der Waals surface area (Å²) in [5, 5.41) is 0. The van der Waals surface area contributed by atoms with Crippen LogP contribution in [0.3, 0.4) is 0 Å². The first kappa shape index (κ1) is 9.20. The molecule has 0 aromatic rings. The molecule has 0 spiro atoms. The van der Waals surface area contributed by atoms with Crippen molar-refractivity contribution in [2.45, 2.75) is 19.0 Å². The molecule has 58 valence electrons. The first-order valence-electron chi connectivity index (χ1n) is 2.73. The van der Waals surface area contributed by atoms with E-state index in [1.54, 1.807) is 0 Å². The molecular formula is C6H7F3O. The SMILES string of the molecule is O=C/C=C/CCC(F)(F)F. The summed E-state index contributed by atoms with van der Waals surface area (Å²) in [6.07, 6.45) is -2.39. The molecule has 0 aromatic heterocycles. The normalized spacial score (nSPS) is 12.3. The lowest BCUT2D eigenvalue weighted by Crippen LogP contribution is -2.05. The van der Waals surface area contributed by atoms with Crippen LogP contribution in [0.4, 0.5) is 13.2 Å². The number of carbonyl (C=O) groups excluding carboxylic acids is 1. The molecule has 0 N–H and O–H groups in total. The zero-order chi connectivity index (χ0) is 8.04. The van der Waals surface area contributed by atoms with E-state index in [9.17, 15) is 18.0 Å². The second-order valence-electron chi connectivity index (χ2n) is 1.72. The molecule has 10 heavy (non-hydrogen) atoms. The number of allylic oxidation sites excluding steroid dienone is 2. The van der Waals surface area contributed by atoms with Crippen LogP contribution >= 0.6 is 0 Å². The molecule has 0 fully saturated rings. The smallest absolute Gasteiger partial charge is 0.299 e. The van der Waals surface area contributed by atoms with Crippen molar-refractivity contribution in [3.05, 3.63) is 12.2 Å². The van der Waals surface area contributed by atoms with Crippen LogP contribution in [-0.4, -0.2) is 12.5 Å². The zero-order valence-electron chi connectivity index (χ0n) is 5.19. The van der Waals surface area contributed by atoms with Crippen molar-refractivity contribution in [3.63, 3.8) is 0 Å². The Morgan fingerprint density at radius 2 is 1.90 bits per heavy atom. The van der Waals surface area contributed by atoms with Gasteiger partial charge in [-0.15, -0.1) is 0 Å². The Bertz CT molecular complexity index is 125. The van der Waals surface area contributed by atoms with E-state index in [2.05, 4.69) is 0 Å². The minimum atomic E-state index is -4.12. The van der Waals surface area contributed by atoms with Crippen molar-refractivity contribution in [2.24, 2.45) is 0 Å². The van der Waals surface area contributed by atoms with Crippen LogP contribution in [0.5, 0.6) is 0 Å². The highest BCUT2D eigenvalue weighted by Crippen LogP contribution is 2.21. The van der Waals surface area contributed by atoms with Crippen molar-refractivity contribution in [1.29, 1.82) is 0 Å². The molecule has 0 atom stereocenters. The fourth-order valence-electron chi connectivity index (χ4n) is 0.399. The highest BCUT2D eigenvalue weighted by atomic mass is 19.4. The number of hydrogen-bond acceptors (Lipinski definition) is 1. The summed E-state index contributed by atoms with van der Waals surface area (Å²) in [5.41, 5.74) is 0. The minimum absolute atomic E-state index is 0.123. The Balaban J connectivity index is 3.37. The maximum atomic E-state index is 11.4. The third kappa shape index (κ3) is 7.20. The van der Waals surface area contributed by atoms with Crippen LogP contribution in [0.15, 0.2) is 12.2 Å². The van der Waals surface area contributed by atoms with Crippen molar-refractivity contribution in [3.8, 4) is 0 Å². The van der Waals surface area contributed by atoms with E-state index in [0.717, 1.165) is 6.08 Å². The van der Waals surface area contributed by atoms with E-state index in [1.165, 1.54) is 6.08 Å². The highest BCUT2D eigenvalue weighted by molar-refractivity contribution is 5.64. The van der Waals surface area contributed by atoms with Gasteiger partial charge in [0.2, 0.25) is 0 Å². The van der Waals surface area contributed by atoms with Gasteiger partial charge in [0.15, 0.2) is 0 Å². The van der Waals surface area contributed by atoms with E-state index in [1.807, 2.05) is 0 Å². The van der Waals surface area contributed by atoms with Gasteiger partial charge in [0.1, 0.15) is 6.29 Å². The minimum Gasteiger partial charge on any atom is -0.299 e. The molecule has 0 aliphatic heterocycles. The molecule has 0 unspecified atom stereocenters. The monoisotopic (exact) mass is 152 g/mol. The van der Waals surface area contributed by atoms with Gasteiger partial charge in [-0.3, -0.25) is 4.79 Å². The van der Waals surface area contributed by atoms with E-state index >= 15 is 0 Å². The van der Waals surface area contributed by atoms with Crippen LogP contribution in [0, 0.1) is 0 Å². The molecule has 0 aliphatic rings. The maximum Gasteiger partial charge on any atom is 0.389 e. The van der Waals surface area contributed by atoms with Gasteiger partial charge in [-0.05, 0) is 12.5 Å². The van der Waals surface area contributed by atoms with Crippen molar-refractivity contribution in [2.75, 3.05) is 0 Å². The second kappa shape index (κ2) is 4.09. The molecule has 4 heteroatoms. The molecule has 0 bridgehead atoms. The fraction of sp³-hybridized carbons (Fsp3) is 0.500. The van der Waals surface area contributed by atoms with Crippen LogP contribution in [-0.2, 0) is 4.79 Å². The average molecular weight is 152 g/mol. The van der Waals surface area contributed by atoms with Crippen molar-refractivity contribution >= 4 is 6.29 Å². The van der Waals surface area contributed by atoms with Gasteiger partial charge in [0.25, 0.3) is 0 Å². The molecule has 0 rings (SSSR count). The Morgan fingerprint density at radius 1 is 1.30 bits per heavy atom. The van der Waals surface area contributed by atoms with Crippen LogP contribution < -0.4 is 0 Å². The van der Waals surface area contributed by atoms with Gasteiger partial charge in [0.05, 0.1) is 0 Å². The number of alkyl halides is 3. The Morgan fingerprint density at radius 3 is 2.30 bits per heavy atom. The molecule has 0 saturated carbocycles. The van der Waals surface area contributed by atoms with Crippen LogP contribution in [0.2, 0.25) is 0 Å². The van der Waals surface area contributed by atoms with E-state index in [4.69, 9.17) is 0 Å². The zero-order valence-corrected chi connectivity index (χ0v) is 5.19. The topological polar surface area (TPSA) is 17.1 Å². The van der Waals surface area contributed by atoms with Crippen LogP contribution in [0.1, 0.15) is 12.8 Å². The number of aldehydes is 1. The Labute approximate surface area is 56.5 Å². The lowest BCUT2D eigenvalue weighted by atomic mass is 10.3. The van der Waals surface area contributed by atoms with Crippen LogP contribution in [0.25, 0.3) is 0 Å². The average Bonchev–Trinajstić information content (AvgIpc) is 1.78. The third-order valence-electron chi connectivity index (χ3n) is 0.809. The molecular weight excluding hydrogens is 145 g/mol. The Hall–Kier alpha value is -0.800. The first-order valence-corrected chi connectivity index (χ1v) is 2.73. The molecule has 0 aromatic carbocycles. The molecule has 1 nitrogen and oxygen atoms in total. The molecule has 0 aliphatic carbocycles. The van der Waals surface area contributed by atoms with Gasteiger partial charge in [-0.1, -0.05) is 6.08 Å². The second-order valence-corrected chi connectivity index (χ2v) is 1.72. The third-order valence-corrected chi connectivity index (χ3v) is 0.809. The van der Waals surface area contributed by atoms with Crippen molar-refractivity contribution in [1.82, 2.24) is 0 Å². The predicted octanol–water partition coefficient (Wildman–Crippen LogP) is 2.08. The summed E-state index contributed by atoms with van der Waals surface area (Å²) in [6.45, 7) is 0. The number of halogens is 3. The summed E-state index contributed by atoms with van der Waals surface area (Å²) in [4.78, 5) is 9.56. The van der Waals surface area contributed by atoms with E-state index < -0.39 is 12.6 Å². The van der Waals surface area contributed by atoms with Gasteiger partial charge in [-0.25, -0.2) is 0 Å². The number of carbonyl (C=O) groups is 1. The number of rotatable bonds is 3. The fourth-order valence-corrected chi connectivity index (χ4v) is 0.399. The molecule has 0 saturated heterocycles. The largest absolute Gasteiger partial charge is 0.389 e. The van der Waals surface area contributed by atoms with E-state index in [0.29, 0.717) is 6.29 Å². The Kier molecular flexibility index (Phi) is 3.76. The first-order chi connectivity index (χ1) is 4.56. The molecule has 0 amide bonds. The summed E-state index contributed by atoms with van der Waals surface area (Å²) in [5.74, 6) is 0. The number of hydrogen-bond donors (Lipinski definition) is 0. The molecule has 0 heterocycles. The summed E-state index contributed by atoms with van der Waals surface area (Å²) in [6, 6.07) is 0. The standard InChI is InChI=1S/C6H7F3O/c7-6(8,9)4-2-1-3-5-10/h1,3,5H,2,4H2/b3-1+. The predicted molar refractivity (Wildman–Crippen MR) is 30.5 cm³/mol. The lowest BCUT2D eigenvalue weighted by Gasteiger charge is -2.01. The molecule has 0 radical (unpaired) electrons. The quantitative estimate of drug-likeness (QED) is 0.447. The van der Waals surface area contributed by atoms with Gasteiger partial charge in [-0.2, -0.15) is 13.2 Å². The lowest BCUT2D eigenvalue weighted by molar-refractivity contribution is -0.133. The maximum absolute atomic E-state index is 11.4. The van der Waals surface area contributed by atoms with Gasteiger partial charge in [0, 0.05) is 6.42 Å².